The fourth-order valence-corrected chi connectivity index (χ4v) is 12.1. The van der Waals surface area contributed by atoms with Crippen molar-refractivity contribution in [3.05, 3.63) is 72.9 Å². The Morgan fingerprint density at radius 2 is 0.500 bits per heavy atom. The van der Waals surface area contributed by atoms with Gasteiger partial charge in [-0.2, -0.15) is 0 Å². The number of hydrogen-bond donors (Lipinski definition) is 3. The number of phosphoric acid groups is 2. The average molecular weight is 1430 g/mol. The Bertz CT molecular complexity index is 2140. The highest BCUT2D eigenvalue weighted by molar-refractivity contribution is 7.47. The van der Waals surface area contributed by atoms with Gasteiger partial charge in [0.25, 0.3) is 0 Å². The maximum atomic E-state index is 13.1. The number of carbonyl (C=O) groups excluding carboxylic acids is 4. The highest BCUT2D eigenvalue weighted by atomic mass is 31.2. The van der Waals surface area contributed by atoms with E-state index in [4.69, 9.17) is 37.0 Å². The molecule has 19 heteroatoms. The van der Waals surface area contributed by atoms with Crippen LogP contribution in [0.3, 0.4) is 0 Å². The van der Waals surface area contributed by atoms with Gasteiger partial charge in [-0.3, -0.25) is 37.3 Å². The predicted octanol–water partition coefficient (Wildman–Crippen LogP) is 22.4. The molecule has 3 N–H and O–H groups in total. The van der Waals surface area contributed by atoms with E-state index in [2.05, 4.69) is 101 Å². The van der Waals surface area contributed by atoms with Crippen LogP contribution < -0.4 is 0 Å². The number of esters is 4. The predicted molar refractivity (Wildman–Crippen MR) is 400 cm³/mol. The topological polar surface area (TPSA) is 237 Å². The number of ether oxygens (including phenoxy) is 4. The number of aliphatic hydroxyl groups is 1. The van der Waals surface area contributed by atoms with Crippen molar-refractivity contribution >= 4 is 39.5 Å². The van der Waals surface area contributed by atoms with Gasteiger partial charge in [0.1, 0.15) is 19.3 Å². The maximum absolute atomic E-state index is 13.1. The molecular weight excluding hydrogens is 1280 g/mol. The fraction of sp³-hybridized carbons (Fsp3) is 0.797. The molecular formula is C79H142O17P2. The summed E-state index contributed by atoms with van der Waals surface area (Å²) in [6.45, 7) is 4.79. The highest BCUT2D eigenvalue weighted by Gasteiger charge is 2.30. The molecule has 0 radical (unpaired) electrons. The van der Waals surface area contributed by atoms with E-state index in [1.54, 1.807) is 0 Å². The Balaban J connectivity index is 5.35. The van der Waals surface area contributed by atoms with Crippen molar-refractivity contribution in [1.82, 2.24) is 0 Å². The zero-order valence-electron chi connectivity index (χ0n) is 62.2. The van der Waals surface area contributed by atoms with Crippen LogP contribution in [0.15, 0.2) is 72.9 Å². The van der Waals surface area contributed by atoms with E-state index < -0.39 is 97.5 Å². The number of carbonyl (C=O) groups is 4. The van der Waals surface area contributed by atoms with E-state index in [9.17, 15) is 43.2 Å². The molecule has 0 saturated heterocycles. The zero-order chi connectivity index (χ0) is 71.8. The van der Waals surface area contributed by atoms with Gasteiger partial charge in [-0.25, -0.2) is 9.13 Å². The van der Waals surface area contributed by atoms with E-state index >= 15 is 0 Å². The smallest absolute Gasteiger partial charge is 0.462 e. The van der Waals surface area contributed by atoms with Crippen molar-refractivity contribution in [2.75, 3.05) is 39.6 Å². The average Bonchev–Trinajstić information content (AvgIpc) is 0.959. The second-order valence-electron chi connectivity index (χ2n) is 26.3. The SMILES string of the molecule is CCCCC/C=C\C/C=C\CCCCCCCC(=O)OC[C@H](COP(=O)(O)OC[C@H](O)COP(=O)(O)OC[C@@H](COC(=O)CCCCCCC/C=C\C/C=C\CCCCC)OC(=O)CCCCCCCCC/C=C\CCCCCC)OC(=O)CCCCCCC/C=C\CCCCCC. The lowest BCUT2D eigenvalue weighted by atomic mass is 10.1. The molecule has 0 aromatic rings. The largest absolute Gasteiger partial charge is 0.472 e. The van der Waals surface area contributed by atoms with Gasteiger partial charge in [-0.15, -0.1) is 0 Å². The van der Waals surface area contributed by atoms with Crippen molar-refractivity contribution < 1.29 is 80.2 Å². The maximum Gasteiger partial charge on any atom is 0.472 e. The van der Waals surface area contributed by atoms with Crippen LogP contribution in [-0.4, -0.2) is 96.7 Å². The number of unbranched alkanes of at least 4 members (excludes halogenated alkanes) is 36. The molecule has 5 atom stereocenters. The number of aliphatic hydroxyl groups excluding tert-OH is 1. The van der Waals surface area contributed by atoms with Crippen LogP contribution in [0.5, 0.6) is 0 Å². The van der Waals surface area contributed by atoms with E-state index in [0.29, 0.717) is 25.7 Å². The number of phosphoric ester groups is 2. The molecule has 17 nitrogen and oxygen atoms in total. The first-order valence-electron chi connectivity index (χ1n) is 39.2. The second kappa shape index (κ2) is 71.9. The van der Waals surface area contributed by atoms with Crippen molar-refractivity contribution in [3.63, 3.8) is 0 Å². The van der Waals surface area contributed by atoms with E-state index in [0.717, 1.165) is 180 Å². The Morgan fingerprint density at radius 3 is 0.786 bits per heavy atom. The summed E-state index contributed by atoms with van der Waals surface area (Å²) in [7, 11) is -9.95. The first-order chi connectivity index (χ1) is 47.7. The summed E-state index contributed by atoms with van der Waals surface area (Å²) < 4.78 is 68.5. The molecule has 98 heavy (non-hydrogen) atoms. The van der Waals surface area contributed by atoms with E-state index in [-0.39, 0.29) is 25.7 Å². The molecule has 0 fully saturated rings. The van der Waals surface area contributed by atoms with Gasteiger partial charge in [0.05, 0.1) is 26.4 Å². The minimum atomic E-state index is -4.97. The Kier molecular flexibility index (Phi) is 69.3. The van der Waals surface area contributed by atoms with Crippen LogP contribution in [0.1, 0.15) is 349 Å². The molecule has 0 saturated carbocycles. The molecule has 0 aliphatic carbocycles. The third kappa shape index (κ3) is 70.9. The van der Waals surface area contributed by atoms with Crippen molar-refractivity contribution in [2.24, 2.45) is 0 Å². The Labute approximate surface area is 596 Å². The first kappa shape index (κ1) is 94.5. The molecule has 0 heterocycles. The molecule has 0 rings (SSSR count). The second-order valence-corrected chi connectivity index (χ2v) is 29.2. The van der Waals surface area contributed by atoms with Gasteiger partial charge in [0, 0.05) is 25.7 Å². The van der Waals surface area contributed by atoms with Gasteiger partial charge in [0.15, 0.2) is 12.2 Å². The number of allylic oxidation sites excluding steroid dienone is 12. The summed E-state index contributed by atoms with van der Waals surface area (Å²) in [5.41, 5.74) is 0. The molecule has 570 valence electrons. The lowest BCUT2D eigenvalue weighted by Gasteiger charge is -2.21. The number of hydrogen-bond acceptors (Lipinski definition) is 15. The lowest BCUT2D eigenvalue weighted by Crippen LogP contribution is -2.30. The first-order valence-corrected chi connectivity index (χ1v) is 42.2. The summed E-state index contributed by atoms with van der Waals surface area (Å²) in [6, 6.07) is 0. The molecule has 0 amide bonds. The van der Waals surface area contributed by atoms with Crippen molar-refractivity contribution in [2.45, 2.75) is 367 Å². The summed E-state index contributed by atoms with van der Waals surface area (Å²) in [6.07, 6.45) is 71.6. The standard InChI is InChI=1S/C79H142O17P2/c1-5-9-13-17-21-25-29-33-36-40-43-47-51-55-59-63-76(81)89-69-74(95-78(83)65-61-57-53-49-45-39-32-28-24-20-16-12-8-4)71-93-97(85,86)91-67-73(80)68-92-98(87,88)94-72-75(96-79(84)66-62-58-54-50-46-42-38-35-31-27-23-19-15-11-7-3)70-90-77(82)64-60-56-52-48-44-41-37-34-30-26-22-18-14-10-6-2/h21-22,25-28,31-34,36-37,73-75,80H,5-20,23-24,29-30,35,38-72H2,1-4H3,(H,85,86)(H,87,88)/b25-21-,26-22-,31-27-,32-28-,36-33-,37-34-/t73-,74+,75+/m0/s1. The molecule has 0 bridgehead atoms. The van der Waals surface area contributed by atoms with Gasteiger partial charge >= 0.3 is 39.5 Å². The third-order valence-electron chi connectivity index (χ3n) is 16.6. The van der Waals surface area contributed by atoms with Gasteiger partial charge in [-0.1, -0.05) is 255 Å². The van der Waals surface area contributed by atoms with Crippen LogP contribution in [0, 0.1) is 0 Å². The van der Waals surface area contributed by atoms with Gasteiger partial charge in [0.2, 0.25) is 0 Å². The van der Waals surface area contributed by atoms with Crippen LogP contribution in [-0.2, 0) is 65.4 Å². The third-order valence-corrected chi connectivity index (χ3v) is 18.5. The highest BCUT2D eigenvalue weighted by Crippen LogP contribution is 2.45. The lowest BCUT2D eigenvalue weighted by molar-refractivity contribution is -0.161. The van der Waals surface area contributed by atoms with Crippen molar-refractivity contribution in [3.8, 4) is 0 Å². The summed E-state index contributed by atoms with van der Waals surface area (Å²) >= 11 is 0. The summed E-state index contributed by atoms with van der Waals surface area (Å²) in [4.78, 5) is 72.9. The van der Waals surface area contributed by atoms with E-state index in [1.165, 1.54) is 89.9 Å². The molecule has 0 aromatic carbocycles. The van der Waals surface area contributed by atoms with Gasteiger partial charge < -0.3 is 33.8 Å². The molecule has 0 aromatic heterocycles. The quantitative estimate of drug-likeness (QED) is 0.0169. The van der Waals surface area contributed by atoms with Crippen LogP contribution in [0.4, 0.5) is 0 Å². The van der Waals surface area contributed by atoms with Crippen LogP contribution >= 0.6 is 15.6 Å². The summed E-state index contributed by atoms with van der Waals surface area (Å²) in [5.74, 6) is -2.20. The van der Waals surface area contributed by atoms with Gasteiger partial charge in [-0.05, 0) is 141 Å². The van der Waals surface area contributed by atoms with E-state index in [1.807, 2.05) is 0 Å². The zero-order valence-corrected chi connectivity index (χ0v) is 64.0. The molecule has 0 aliphatic rings. The monoisotopic (exact) mass is 1420 g/mol. The minimum Gasteiger partial charge on any atom is -0.462 e. The van der Waals surface area contributed by atoms with Crippen LogP contribution in [0.2, 0.25) is 0 Å². The molecule has 0 spiro atoms. The molecule has 2 unspecified atom stereocenters. The molecule has 0 aliphatic heterocycles. The minimum absolute atomic E-state index is 0.0841. The Morgan fingerprint density at radius 1 is 0.286 bits per heavy atom. The van der Waals surface area contributed by atoms with Crippen LogP contribution in [0.25, 0.3) is 0 Å². The fourth-order valence-electron chi connectivity index (χ4n) is 10.6. The normalized spacial score (nSPS) is 14.3. The van der Waals surface area contributed by atoms with Crippen molar-refractivity contribution in [1.29, 1.82) is 0 Å². The Hall–Kier alpha value is -3.50. The summed E-state index contributed by atoms with van der Waals surface area (Å²) in [5, 5.41) is 10.6. The number of rotatable bonds is 74.